The van der Waals surface area contributed by atoms with Crippen LogP contribution in [-0.4, -0.2) is 9.38 Å². The monoisotopic (exact) mass is 221 g/mol. The average molecular weight is 221 g/mol. The SMILES string of the molecule is NCc1cn2c(n1)sc1cc(F)ccc12. The zero-order chi connectivity index (χ0) is 10.4. The number of benzene rings is 1. The third kappa shape index (κ3) is 1.24. The molecule has 76 valence electrons. The highest BCUT2D eigenvalue weighted by molar-refractivity contribution is 7.23. The molecule has 0 amide bonds. The van der Waals surface area contributed by atoms with Crippen molar-refractivity contribution in [3.8, 4) is 0 Å². The molecule has 3 nitrogen and oxygen atoms in total. The van der Waals surface area contributed by atoms with Crippen LogP contribution in [0.5, 0.6) is 0 Å². The third-order valence-corrected chi connectivity index (χ3v) is 3.33. The molecule has 0 saturated carbocycles. The first-order valence-electron chi connectivity index (χ1n) is 4.54. The smallest absolute Gasteiger partial charge is 0.194 e. The number of hydrogen-bond donors (Lipinski definition) is 1. The summed E-state index contributed by atoms with van der Waals surface area (Å²) in [6.45, 7) is 0.428. The Hall–Kier alpha value is -1.46. The Morgan fingerprint density at radius 1 is 1.47 bits per heavy atom. The first kappa shape index (κ1) is 8.82. The van der Waals surface area contributed by atoms with Gasteiger partial charge in [-0.2, -0.15) is 0 Å². The quantitative estimate of drug-likeness (QED) is 0.684. The first-order chi connectivity index (χ1) is 7.28. The number of halogens is 1. The van der Waals surface area contributed by atoms with E-state index in [1.165, 1.54) is 23.5 Å². The second-order valence-corrected chi connectivity index (χ2v) is 4.31. The normalized spacial score (nSPS) is 11.6. The van der Waals surface area contributed by atoms with Gasteiger partial charge in [-0.3, -0.25) is 4.40 Å². The second kappa shape index (κ2) is 3.01. The van der Waals surface area contributed by atoms with Gasteiger partial charge in [0.1, 0.15) is 5.82 Å². The summed E-state index contributed by atoms with van der Waals surface area (Å²) in [7, 11) is 0. The molecule has 2 heterocycles. The first-order valence-corrected chi connectivity index (χ1v) is 5.35. The van der Waals surface area contributed by atoms with Crippen LogP contribution in [0.4, 0.5) is 4.39 Å². The molecule has 0 aliphatic carbocycles. The molecule has 0 bridgehead atoms. The van der Waals surface area contributed by atoms with E-state index in [1.807, 2.05) is 10.6 Å². The molecule has 0 unspecified atom stereocenters. The van der Waals surface area contributed by atoms with Crippen LogP contribution in [0.25, 0.3) is 15.2 Å². The Labute approximate surface area is 89.0 Å². The molecule has 3 aromatic rings. The van der Waals surface area contributed by atoms with Crippen LogP contribution in [0.15, 0.2) is 24.4 Å². The Bertz CT molecular complexity index is 640. The van der Waals surface area contributed by atoms with Crippen molar-refractivity contribution in [3.05, 3.63) is 35.9 Å². The number of imidazole rings is 1. The standard InChI is InChI=1S/C10H8FN3S/c11-6-1-2-8-9(3-6)15-10-13-7(4-12)5-14(8)10/h1-3,5H,4,12H2. The lowest BCUT2D eigenvalue weighted by molar-refractivity contribution is 0.630. The minimum Gasteiger partial charge on any atom is -0.325 e. The second-order valence-electron chi connectivity index (χ2n) is 3.30. The van der Waals surface area contributed by atoms with Crippen LogP contribution in [0.1, 0.15) is 5.69 Å². The minimum atomic E-state index is -0.217. The van der Waals surface area contributed by atoms with Crippen LogP contribution in [0.2, 0.25) is 0 Å². The Balaban J connectivity index is 2.40. The van der Waals surface area contributed by atoms with Gasteiger partial charge in [-0.1, -0.05) is 11.3 Å². The van der Waals surface area contributed by atoms with E-state index in [0.717, 1.165) is 20.9 Å². The van der Waals surface area contributed by atoms with Crippen LogP contribution in [0.3, 0.4) is 0 Å². The highest BCUT2D eigenvalue weighted by Crippen LogP contribution is 2.26. The molecular weight excluding hydrogens is 213 g/mol. The lowest BCUT2D eigenvalue weighted by Crippen LogP contribution is -1.95. The Morgan fingerprint density at radius 3 is 3.13 bits per heavy atom. The molecule has 3 rings (SSSR count). The van der Waals surface area contributed by atoms with Gasteiger partial charge in [0, 0.05) is 12.7 Å². The van der Waals surface area contributed by atoms with E-state index in [9.17, 15) is 4.39 Å². The summed E-state index contributed by atoms with van der Waals surface area (Å²) in [5.41, 5.74) is 7.34. The summed E-state index contributed by atoms with van der Waals surface area (Å²) < 4.78 is 15.8. The fourth-order valence-corrected chi connectivity index (χ4v) is 2.67. The molecule has 5 heteroatoms. The van der Waals surface area contributed by atoms with E-state index in [2.05, 4.69) is 4.98 Å². The molecular formula is C10H8FN3S. The molecule has 0 saturated heterocycles. The van der Waals surface area contributed by atoms with E-state index in [-0.39, 0.29) is 5.82 Å². The molecule has 0 fully saturated rings. The summed E-state index contributed by atoms with van der Waals surface area (Å²) in [4.78, 5) is 5.19. The van der Waals surface area contributed by atoms with Gasteiger partial charge < -0.3 is 5.73 Å². The van der Waals surface area contributed by atoms with Gasteiger partial charge in [-0.05, 0) is 18.2 Å². The van der Waals surface area contributed by atoms with Crippen LogP contribution < -0.4 is 5.73 Å². The van der Waals surface area contributed by atoms with Crippen molar-refractivity contribution < 1.29 is 4.39 Å². The maximum atomic E-state index is 13.0. The number of nitrogens with two attached hydrogens (primary N) is 1. The van der Waals surface area contributed by atoms with Gasteiger partial charge in [0.25, 0.3) is 0 Å². The van der Waals surface area contributed by atoms with Crippen molar-refractivity contribution in [1.82, 2.24) is 9.38 Å². The van der Waals surface area contributed by atoms with E-state index >= 15 is 0 Å². The number of nitrogens with zero attached hydrogens (tertiary/aromatic N) is 2. The predicted molar refractivity (Wildman–Crippen MR) is 58.4 cm³/mol. The maximum Gasteiger partial charge on any atom is 0.194 e. The van der Waals surface area contributed by atoms with Crippen molar-refractivity contribution in [3.63, 3.8) is 0 Å². The van der Waals surface area contributed by atoms with Crippen LogP contribution in [0, 0.1) is 5.82 Å². The average Bonchev–Trinajstić information content (AvgIpc) is 2.73. The van der Waals surface area contributed by atoms with Gasteiger partial charge in [0.2, 0.25) is 0 Å². The van der Waals surface area contributed by atoms with E-state index < -0.39 is 0 Å². The molecule has 0 aliphatic rings. The molecule has 0 aliphatic heterocycles. The van der Waals surface area contributed by atoms with Gasteiger partial charge in [0.15, 0.2) is 4.96 Å². The molecule has 0 spiro atoms. The highest BCUT2D eigenvalue weighted by atomic mass is 32.1. The third-order valence-electron chi connectivity index (χ3n) is 2.32. The predicted octanol–water partition coefficient (Wildman–Crippen LogP) is 2.15. The number of rotatable bonds is 1. The molecule has 2 aromatic heterocycles. The molecule has 1 aromatic carbocycles. The Morgan fingerprint density at radius 2 is 2.33 bits per heavy atom. The van der Waals surface area contributed by atoms with Gasteiger partial charge in [0.05, 0.1) is 15.9 Å². The van der Waals surface area contributed by atoms with Crippen molar-refractivity contribution in [2.75, 3.05) is 0 Å². The number of thiazole rings is 1. The maximum absolute atomic E-state index is 13.0. The van der Waals surface area contributed by atoms with Crippen LogP contribution >= 0.6 is 11.3 Å². The fourth-order valence-electron chi connectivity index (χ4n) is 1.62. The summed E-state index contributed by atoms with van der Waals surface area (Å²) in [5.74, 6) is -0.217. The number of aromatic nitrogens is 2. The van der Waals surface area contributed by atoms with Crippen molar-refractivity contribution in [2.45, 2.75) is 6.54 Å². The molecule has 0 atom stereocenters. The number of fused-ring (bicyclic) bond motifs is 3. The minimum absolute atomic E-state index is 0.217. The van der Waals surface area contributed by atoms with E-state index in [4.69, 9.17) is 5.73 Å². The van der Waals surface area contributed by atoms with Gasteiger partial charge in [-0.25, -0.2) is 9.37 Å². The summed E-state index contributed by atoms with van der Waals surface area (Å²) >= 11 is 1.47. The van der Waals surface area contributed by atoms with Crippen molar-refractivity contribution in [1.29, 1.82) is 0 Å². The summed E-state index contributed by atoms with van der Waals surface area (Å²) in [5, 5.41) is 0. The summed E-state index contributed by atoms with van der Waals surface area (Å²) in [6.07, 6.45) is 1.89. The summed E-state index contributed by atoms with van der Waals surface area (Å²) in [6, 6.07) is 4.74. The van der Waals surface area contributed by atoms with Crippen molar-refractivity contribution in [2.24, 2.45) is 5.73 Å². The molecule has 0 radical (unpaired) electrons. The van der Waals surface area contributed by atoms with Crippen molar-refractivity contribution >= 4 is 26.5 Å². The fraction of sp³-hybridized carbons (Fsp3) is 0.100. The van der Waals surface area contributed by atoms with Gasteiger partial charge in [-0.15, -0.1) is 0 Å². The molecule has 2 N–H and O–H groups in total. The van der Waals surface area contributed by atoms with E-state index in [1.54, 1.807) is 6.07 Å². The zero-order valence-electron chi connectivity index (χ0n) is 7.77. The molecule has 15 heavy (non-hydrogen) atoms. The topological polar surface area (TPSA) is 43.3 Å². The highest BCUT2D eigenvalue weighted by Gasteiger charge is 2.08. The lowest BCUT2D eigenvalue weighted by atomic mass is 10.3. The number of hydrogen-bond acceptors (Lipinski definition) is 3. The Kier molecular flexibility index (Phi) is 1.77. The largest absolute Gasteiger partial charge is 0.325 e. The van der Waals surface area contributed by atoms with Gasteiger partial charge >= 0.3 is 0 Å². The lowest BCUT2D eigenvalue weighted by Gasteiger charge is -1.90. The zero-order valence-corrected chi connectivity index (χ0v) is 8.59. The van der Waals surface area contributed by atoms with E-state index in [0.29, 0.717) is 6.54 Å². The van der Waals surface area contributed by atoms with Crippen LogP contribution in [-0.2, 0) is 6.54 Å².